The van der Waals surface area contributed by atoms with Crippen molar-refractivity contribution in [3.05, 3.63) is 0 Å². The van der Waals surface area contributed by atoms with Crippen molar-refractivity contribution in [3.8, 4) is 0 Å². The van der Waals surface area contributed by atoms with Gasteiger partial charge in [0.2, 0.25) is 0 Å². The van der Waals surface area contributed by atoms with Gasteiger partial charge in [0.25, 0.3) is 10.2 Å². The first kappa shape index (κ1) is 16.0. The van der Waals surface area contributed by atoms with Crippen LogP contribution in [0, 0.1) is 0 Å². The molecule has 7 heteroatoms. The maximum Gasteiger partial charge on any atom is 0.288 e. The Morgan fingerprint density at radius 2 is 1.06 bits per heavy atom. The zero-order chi connectivity index (χ0) is 13.9. The molecule has 0 aromatic rings. The minimum atomic E-state index is -9.32. The molecule has 1 fully saturated rings. The Kier molecular flexibility index (Phi) is 4.28. The van der Waals surface area contributed by atoms with Gasteiger partial charge in [0.05, 0.1) is 5.25 Å². The first-order valence-corrected chi connectivity index (χ1v) is 8.49. The van der Waals surface area contributed by atoms with E-state index in [1.54, 1.807) is 0 Å². The van der Waals surface area contributed by atoms with Crippen LogP contribution in [0.3, 0.4) is 0 Å². The highest BCUT2D eigenvalue weighted by Gasteiger charge is 2.68. The van der Waals surface area contributed by atoms with Crippen molar-refractivity contribution in [1.82, 2.24) is 0 Å². The zero-order valence-corrected chi connectivity index (χ0v) is 11.2. The number of nitrogens with two attached hydrogens (primary N) is 1. The largest absolute Gasteiger partial charge is 0.328 e. The van der Waals surface area contributed by atoms with E-state index < -0.39 is 28.3 Å². The fraction of sp³-hybridized carbons (Fsp3) is 1.00. The Bertz CT molecular complexity index is 275. The van der Waals surface area contributed by atoms with Gasteiger partial charge in [-0.05, 0) is 25.7 Å². The molecule has 112 valence electrons. The van der Waals surface area contributed by atoms with Gasteiger partial charge in [-0.15, -0.1) is 0 Å². The van der Waals surface area contributed by atoms with Crippen LogP contribution in [0.1, 0.15) is 57.8 Å². The average Bonchev–Trinajstić information content (AvgIpc) is 2.19. The zero-order valence-electron chi connectivity index (χ0n) is 10.4. The van der Waals surface area contributed by atoms with Gasteiger partial charge < -0.3 is 5.73 Å². The molecule has 1 aliphatic rings. The van der Waals surface area contributed by atoms with Crippen molar-refractivity contribution in [2.45, 2.75) is 69.1 Å². The molecule has 1 aliphatic carbocycles. The van der Waals surface area contributed by atoms with Gasteiger partial charge in [-0.2, -0.15) is 0 Å². The van der Waals surface area contributed by atoms with E-state index in [1.165, 1.54) is 0 Å². The predicted octanol–water partition coefficient (Wildman–Crippen LogP) is 5.51. The van der Waals surface area contributed by atoms with E-state index in [0.29, 0.717) is 19.3 Å². The summed E-state index contributed by atoms with van der Waals surface area (Å²) in [5.41, 5.74) is 5.79. The lowest BCUT2D eigenvalue weighted by atomic mass is 10.0. The Labute approximate surface area is 105 Å². The summed E-state index contributed by atoms with van der Waals surface area (Å²) < 4.78 is 64.0. The van der Waals surface area contributed by atoms with Gasteiger partial charge in [-0.3, -0.25) is 0 Å². The Morgan fingerprint density at radius 3 is 1.56 bits per heavy atom. The molecule has 2 N–H and O–H groups in total. The Morgan fingerprint density at radius 1 is 0.667 bits per heavy atom. The maximum atomic E-state index is 12.8. The molecule has 1 rings (SSSR count). The second-order valence-electron chi connectivity index (χ2n) is 5.33. The van der Waals surface area contributed by atoms with Gasteiger partial charge in [-0.1, -0.05) is 51.5 Å². The smallest absolute Gasteiger partial charge is 0.288 e. The molecule has 0 aromatic carbocycles. The first-order valence-electron chi connectivity index (χ1n) is 6.47. The van der Waals surface area contributed by atoms with Crippen LogP contribution in [0.2, 0.25) is 0 Å². The highest BCUT2D eigenvalue weighted by atomic mass is 32.5. The summed E-state index contributed by atoms with van der Waals surface area (Å²) in [6.45, 7) is 0. The van der Waals surface area contributed by atoms with Gasteiger partial charge in [0, 0.05) is 6.04 Å². The van der Waals surface area contributed by atoms with Crippen LogP contribution in [0.25, 0.3) is 0 Å². The highest BCUT2D eigenvalue weighted by molar-refractivity contribution is 8.46. The molecule has 18 heavy (non-hydrogen) atoms. The average molecular weight is 295 g/mol. The molecule has 2 atom stereocenters. The van der Waals surface area contributed by atoms with Crippen molar-refractivity contribution < 1.29 is 19.4 Å². The number of rotatable bonds is 1. The molecule has 0 saturated heterocycles. The van der Waals surface area contributed by atoms with Gasteiger partial charge in [0.1, 0.15) is 0 Å². The fourth-order valence-electron chi connectivity index (χ4n) is 2.47. The van der Waals surface area contributed by atoms with Crippen LogP contribution >= 0.6 is 10.2 Å². The molecular formula is C11H22F5NS. The summed E-state index contributed by atoms with van der Waals surface area (Å²) in [6, 6.07) is 0.00141. The molecular weight excluding hydrogens is 273 g/mol. The number of halogens is 5. The summed E-state index contributed by atoms with van der Waals surface area (Å²) in [5, 5.41) is -2.40. The minimum absolute atomic E-state index is 0.00141. The topological polar surface area (TPSA) is 26.0 Å². The van der Waals surface area contributed by atoms with Crippen LogP contribution < -0.4 is 5.73 Å². The molecule has 0 spiro atoms. The molecule has 0 bridgehead atoms. The SMILES string of the molecule is NC1CCCCCC(S(F)(F)(F)(F)F)CCCC1. The van der Waals surface area contributed by atoms with Crippen molar-refractivity contribution in [1.29, 1.82) is 0 Å². The summed E-state index contributed by atoms with van der Waals surface area (Å²) in [4.78, 5) is 0. The lowest BCUT2D eigenvalue weighted by Gasteiger charge is -2.47. The molecule has 0 aliphatic heterocycles. The molecule has 0 radical (unpaired) electrons. The lowest BCUT2D eigenvalue weighted by molar-refractivity contribution is 0.326. The summed E-state index contributed by atoms with van der Waals surface area (Å²) in [5.74, 6) is 0. The monoisotopic (exact) mass is 295 g/mol. The standard InChI is InChI=1S/C11H22F5NS/c12-18(13,14,15,16)11-8-3-1-2-6-10(17)7-4-5-9-11/h10-11H,1-9,17H2. The minimum Gasteiger partial charge on any atom is -0.328 e. The van der Waals surface area contributed by atoms with E-state index in [0.717, 1.165) is 12.8 Å². The van der Waals surface area contributed by atoms with Crippen LogP contribution in [-0.4, -0.2) is 11.3 Å². The molecule has 1 nitrogen and oxygen atoms in total. The summed E-state index contributed by atoms with van der Waals surface area (Å²) >= 11 is 0. The normalized spacial score (nSPS) is 33.0. The number of hydrogen-bond donors (Lipinski definition) is 1. The van der Waals surface area contributed by atoms with Crippen LogP contribution in [0.4, 0.5) is 19.4 Å². The lowest BCUT2D eigenvalue weighted by Crippen LogP contribution is -2.25. The third-order valence-corrected chi connectivity index (χ3v) is 5.31. The van der Waals surface area contributed by atoms with Crippen molar-refractivity contribution >= 4 is 10.2 Å². The van der Waals surface area contributed by atoms with Crippen LogP contribution in [-0.2, 0) is 0 Å². The van der Waals surface area contributed by atoms with E-state index in [9.17, 15) is 19.4 Å². The van der Waals surface area contributed by atoms with E-state index in [1.807, 2.05) is 0 Å². The Balaban J connectivity index is 2.69. The second-order valence-corrected chi connectivity index (χ2v) is 8.06. The van der Waals surface area contributed by atoms with Crippen LogP contribution in [0.15, 0.2) is 0 Å². The maximum absolute atomic E-state index is 12.8. The van der Waals surface area contributed by atoms with E-state index in [4.69, 9.17) is 5.73 Å². The third kappa shape index (κ3) is 5.73. The summed E-state index contributed by atoms with van der Waals surface area (Å²) in [6.07, 6.45) is 2.71. The third-order valence-electron chi connectivity index (χ3n) is 3.58. The predicted molar refractivity (Wildman–Crippen MR) is 66.4 cm³/mol. The molecule has 0 amide bonds. The molecule has 1 saturated carbocycles. The number of hydrogen-bond acceptors (Lipinski definition) is 1. The van der Waals surface area contributed by atoms with Gasteiger partial charge in [0.15, 0.2) is 0 Å². The first-order chi connectivity index (χ1) is 7.99. The van der Waals surface area contributed by atoms with Gasteiger partial charge in [-0.25, -0.2) is 0 Å². The van der Waals surface area contributed by atoms with E-state index in [2.05, 4.69) is 0 Å². The van der Waals surface area contributed by atoms with E-state index >= 15 is 0 Å². The van der Waals surface area contributed by atoms with Gasteiger partial charge >= 0.3 is 0 Å². The van der Waals surface area contributed by atoms with Crippen molar-refractivity contribution in [2.24, 2.45) is 5.73 Å². The van der Waals surface area contributed by atoms with E-state index in [-0.39, 0.29) is 18.9 Å². The highest BCUT2D eigenvalue weighted by Crippen LogP contribution is 3.01. The molecule has 2 unspecified atom stereocenters. The summed E-state index contributed by atoms with van der Waals surface area (Å²) in [7, 11) is -9.32. The van der Waals surface area contributed by atoms with Crippen molar-refractivity contribution in [3.63, 3.8) is 0 Å². The fourth-order valence-corrected chi connectivity index (χ4v) is 3.69. The van der Waals surface area contributed by atoms with Crippen LogP contribution in [0.5, 0.6) is 0 Å². The second kappa shape index (κ2) is 4.81. The quantitative estimate of drug-likeness (QED) is 0.635. The molecule has 0 heterocycles. The Hall–Kier alpha value is -0.0400. The molecule has 0 aromatic heterocycles. The van der Waals surface area contributed by atoms with Crippen molar-refractivity contribution in [2.75, 3.05) is 0 Å².